The highest BCUT2D eigenvalue weighted by atomic mass is 19.1. The molecule has 1 unspecified atom stereocenters. The number of rotatable bonds is 3. The van der Waals surface area contributed by atoms with E-state index in [-0.39, 0.29) is 17.5 Å². The first-order valence-electron chi connectivity index (χ1n) is 8.85. The van der Waals surface area contributed by atoms with Crippen LogP contribution in [0.3, 0.4) is 0 Å². The number of carbonyl (C=O) groups is 2. The minimum atomic E-state index is -0.569. The van der Waals surface area contributed by atoms with Crippen LogP contribution in [-0.4, -0.2) is 21.5 Å². The summed E-state index contributed by atoms with van der Waals surface area (Å²) in [6, 6.07) is 11.4. The Morgan fingerprint density at radius 3 is 2.67 bits per heavy atom. The monoisotopic (exact) mass is 366 g/mol. The van der Waals surface area contributed by atoms with Crippen molar-refractivity contribution in [3.63, 3.8) is 0 Å². The molecule has 1 atom stereocenters. The molecule has 4 rings (SSSR count). The first kappa shape index (κ1) is 17.4. The average Bonchev–Trinajstić information content (AvgIpc) is 2.94. The Bertz CT molecular complexity index is 1050. The van der Waals surface area contributed by atoms with Crippen molar-refractivity contribution in [1.29, 1.82) is 0 Å². The van der Waals surface area contributed by atoms with Crippen LogP contribution in [0.4, 0.5) is 4.39 Å². The number of benzene rings is 2. The Morgan fingerprint density at radius 1 is 1.22 bits per heavy atom. The predicted octanol–water partition coefficient (Wildman–Crippen LogP) is 3.71. The number of hydroxylamine groups is 1. The molecule has 6 heteroatoms. The third-order valence-electron chi connectivity index (χ3n) is 5.15. The van der Waals surface area contributed by atoms with E-state index in [4.69, 9.17) is 5.21 Å². The molecule has 1 aliphatic rings. The summed E-state index contributed by atoms with van der Waals surface area (Å²) in [7, 11) is 0. The molecule has 3 aromatic rings. The molecule has 0 saturated carbocycles. The minimum Gasteiger partial charge on any atom is -0.339 e. The Labute approximate surface area is 155 Å². The van der Waals surface area contributed by atoms with Gasteiger partial charge in [-0.1, -0.05) is 19.1 Å². The molecular weight excluding hydrogens is 347 g/mol. The molecule has 0 spiro atoms. The van der Waals surface area contributed by atoms with Crippen molar-refractivity contribution in [2.75, 3.05) is 0 Å². The Morgan fingerprint density at radius 2 is 1.96 bits per heavy atom. The molecule has 2 aromatic carbocycles. The van der Waals surface area contributed by atoms with Gasteiger partial charge in [-0.15, -0.1) is 0 Å². The summed E-state index contributed by atoms with van der Waals surface area (Å²) in [5.74, 6) is -0.616. The van der Waals surface area contributed by atoms with Crippen molar-refractivity contribution < 1.29 is 19.2 Å². The number of fused-ring (bicyclic) bond motifs is 3. The largest absolute Gasteiger partial charge is 0.339 e. The van der Waals surface area contributed by atoms with Gasteiger partial charge in [-0.05, 0) is 48.2 Å². The summed E-state index contributed by atoms with van der Waals surface area (Å²) >= 11 is 0. The van der Waals surface area contributed by atoms with Crippen molar-refractivity contribution in [2.45, 2.75) is 26.3 Å². The maximum absolute atomic E-state index is 13.8. The second kappa shape index (κ2) is 6.63. The van der Waals surface area contributed by atoms with Crippen molar-refractivity contribution in [2.24, 2.45) is 5.92 Å². The van der Waals surface area contributed by atoms with Gasteiger partial charge >= 0.3 is 0 Å². The van der Waals surface area contributed by atoms with E-state index in [1.165, 1.54) is 12.1 Å². The van der Waals surface area contributed by atoms with Crippen LogP contribution in [0.1, 0.15) is 45.3 Å². The van der Waals surface area contributed by atoms with Crippen LogP contribution in [0.2, 0.25) is 0 Å². The molecular formula is C21H19FN2O3. The highest BCUT2D eigenvalue weighted by Crippen LogP contribution is 2.35. The van der Waals surface area contributed by atoms with E-state index >= 15 is 0 Å². The SMILES string of the molecule is CC1CC(=O)c2c(n(Cc3ccc(C(=O)NO)cc3)c3ccc(F)cc23)C1. The lowest BCUT2D eigenvalue weighted by molar-refractivity contribution is 0.0706. The fraction of sp³-hybridized carbons (Fsp3) is 0.238. The average molecular weight is 366 g/mol. The molecule has 1 aromatic heterocycles. The zero-order chi connectivity index (χ0) is 19.1. The minimum absolute atomic E-state index is 0.0630. The van der Waals surface area contributed by atoms with Gasteiger partial charge in [0.25, 0.3) is 5.91 Å². The summed E-state index contributed by atoms with van der Waals surface area (Å²) in [5, 5.41) is 9.39. The van der Waals surface area contributed by atoms with Gasteiger partial charge in [0.1, 0.15) is 5.82 Å². The quantitative estimate of drug-likeness (QED) is 0.548. The van der Waals surface area contributed by atoms with E-state index in [2.05, 4.69) is 4.57 Å². The molecule has 0 saturated heterocycles. The van der Waals surface area contributed by atoms with E-state index in [0.29, 0.717) is 29.5 Å². The van der Waals surface area contributed by atoms with E-state index < -0.39 is 5.91 Å². The molecule has 27 heavy (non-hydrogen) atoms. The number of aromatic nitrogens is 1. The number of halogens is 1. The van der Waals surface area contributed by atoms with Crippen LogP contribution >= 0.6 is 0 Å². The molecule has 1 aliphatic carbocycles. The van der Waals surface area contributed by atoms with Gasteiger partial charge in [-0.3, -0.25) is 14.8 Å². The second-order valence-corrected chi connectivity index (χ2v) is 7.14. The number of hydrogen-bond donors (Lipinski definition) is 2. The number of carbonyl (C=O) groups excluding carboxylic acids is 2. The first-order chi connectivity index (χ1) is 13.0. The summed E-state index contributed by atoms with van der Waals surface area (Å²) < 4.78 is 15.9. The topological polar surface area (TPSA) is 71.3 Å². The third-order valence-corrected chi connectivity index (χ3v) is 5.15. The summed E-state index contributed by atoms with van der Waals surface area (Å²) in [4.78, 5) is 24.1. The van der Waals surface area contributed by atoms with Crippen LogP contribution in [0.15, 0.2) is 42.5 Å². The second-order valence-electron chi connectivity index (χ2n) is 7.14. The number of nitrogens with zero attached hydrogens (tertiary/aromatic N) is 1. The van der Waals surface area contributed by atoms with E-state index in [0.717, 1.165) is 23.2 Å². The zero-order valence-corrected chi connectivity index (χ0v) is 14.8. The number of nitrogens with one attached hydrogen (secondary N) is 1. The van der Waals surface area contributed by atoms with Crippen molar-refractivity contribution >= 4 is 22.6 Å². The smallest absolute Gasteiger partial charge is 0.274 e. The lowest BCUT2D eigenvalue weighted by Gasteiger charge is -2.20. The lowest BCUT2D eigenvalue weighted by atomic mass is 9.87. The molecule has 1 amide bonds. The maximum atomic E-state index is 13.8. The number of amides is 1. The third kappa shape index (κ3) is 3.02. The first-order valence-corrected chi connectivity index (χ1v) is 8.85. The highest BCUT2D eigenvalue weighted by molar-refractivity contribution is 6.10. The van der Waals surface area contributed by atoms with Gasteiger partial charge in [0.2, 0.25) is 0 Å². The Kier molecular flexibility index (Phi) is 4.28. The molecule has 0 bridgehead atoms. The normalized spacial score (nSPS) is 16.4. The zero-order valence-electron chi connectivity index (χ0n) is 14.8. The number of hydrogen-bond acceptors (Lipinski definition) is 3. The van der Waals surface area contributed by atoms with Crippen LogP contribution in [-0.2, 0) is 13.0 Å². The number of Topliss-reactive ketones (excluding diaryl/α,β-unsaturated/α-hetero) is 1. The lowest BCUT2D eigenvalue weighted by Crippen LogP contribution is -2.20. The van der Waals surface area contributed by atoms with Crippen molar-refractivity contribution in [1.82, 2.24) is 10.0 Å². The molecule has 1 heterocycles. The fourth-order valence-corrected chi connectivity index (χ4v) is 3.91. The summed E-state index contributed by atoms with van der Waals surface area (Å²) in [5.41, 5.74) is 5.32. The Balaban J connectivity index is 1.81. The van der Waals surface area contributed by atoms with E-state index in [9.17, 15) is 14.0 Å². The van der Waals surface area contributed by atoms with Crippen molar-refractivity contribution in [3.05, 3.63) is 70.7 Å². The standard InChI is InChI=1S/C21H19FN2O3/c1-12-8-18-20(19(25)9-12)16-10-15(22)6-7-17(16)24(18)11-13-2-4-14(5-3-13)21(26)23-27/h2-7,10,12,27H,8-9,11H2,1H3,(H,23,26). The van der Waals surface area contributed by atoms with Gasteiger partial charge in [0.05, 0.1) is 0 Å². The van der Waals surface area contributed by atoms with Gasteiger partial charge in [-0.2, -0.15) is 0 Å². The maximum Gasteiger partial charge on any atom is 0.274 e. The fourth-order valence-electron chi connectivity index (χ4n) is 3.91. The van der Waals surface area contributed by atoms with Crippen LogP contribution in [0.5, 0.6) is 0 Å². The molecule has 0 radical (unpaired) electrons. The molecule has 2 N–H and O–H groups in total. The highest BCUT2D eigenvalue weighted by Gasteiger charge is 2.29. The van der Waals surface area contributed by atoms with E-state index in [1.54, 1.807) is 35.8 Å². The molecule has 5 nitrogen and oxygen atoms in total. The summed E-state index contributed by atoms with van der Waals surface area (Å²) in [6.07, 6.45) is 1.25. The van der Waals surface area contributed by atoms with Crippen molar-refractivity contribution in [3.8, 4) is 0 Å². The van der Waals surface area contributed by atoms with E-state index in [1.807, 2.05) is 6.92 Å². The molecule has 0 fully saturated rings. The summed E-state index contributed by atoms with van der Waals surface area (Å²) in [6.45, 7) is 2.56. The number of ketones is 1. The molecule has 0 aliphatic heterocycles. The molecule has 138 valence electrons. The van der Waals surface area contributed by atoms with Gasteiger partial charge in [0.15, 0.2) is 5.78 Å². The van der Waals surface area contributed by atoms with Gasteiger partial charge in [-0.25, -0.2) is 9.87 Å². The van der Waals surface area contributed by atoms with Gasteiger partial charge in [0, 0.05) is 40.7 Å². The van der Waals surface area contributed by atoms with Crippen LogP contribution < -0.4 is 5.48 Å². The van der Waals surface area contributed by atoms with Crippen LogP contribution in [0, 0.1) is 11.7 Å². The predicted molar refractivity (Wildman–Crippen MR) is 98.5 cm³/mol. The Hall–Kier alpha value is -2.99. The van der Waals surface area contributed by atoms with Gasteiger partial charge < -0.3 is 4.57 Å². The van der Waals surface area contributed by atoms with Crippen LogP contribution in [0.25, 0.3) is 10.9 Å².